The molecule has 2 aromatic heterocycles. The lowest BCUT2D eigenvalue weighted by Gasteiger charge is -1.99. The summed E-state index contributed by atoms with van der Waals surface area (Å²) in [5.74, 6) is 0. The standard InChI is InChI=1S/C13H14N2/c1-3-10(2)12-6-7-13(15-12)11-5-4-8-14-9-11/h4-9,15H,2-3H2,1H3. The third-order valence-electron chi connectivity index (χ3n) is 2.47. The zero-order chi connectivity index (χ0) is 10.7. The Bertz CT molecular complexity index is 454. The molecule has 0 aliphatic heterocycles. The van der Waals surface area contributed by atoms with E-state index in [0.29, 0.717) is 0 Å². The number of rotatable bonds is 3. The quantitative estimate of drug-likeness (QED) is 0.803. The van der Waals surface area contributed by atoms with Crippen molar-refractivity contribution in [3.8, 4) is 11.3 Å². The first kappa shape index (κ1) is 9.71. The van der Waals surface area contributed by atoms with Gasteiger partial charge >= 0.3 is 0 Å². The lowest BCUT2D eigenvalue weighted by atomic mass is 10.2. The summed E-state index contributed by atoms with van der Waals surface area (Å²) in [6, 6.07) is 8.10. The Hall–Kier alpha value is -1.83. The zero-order valence-electron chi connectivity index (χ0n) is 8.83. The average molecular weight is 198 g/mol. The molecule has 2 rings (SSSR count). The molecule has 0 radical (unpaired) electrons. The van der Waals surface area contributed by atoms with E-state index < -0.39 is 0 Å². The summed E-state index contributed by atoms with van der Waals surface area (Å²) in [6.07, 6.45) is 4.59. The molecule has 0 saturated heterocycles. The highest BCUT2D eigenvalue weighted by Crippen LogP contribution is 2.21. The second-order valence-electron chi connectivity index (χ2n) is 3.48. The highest BCUT2D eigenvalue weighted by molar-refractivity contribution is 5.66. The molecule has 2 nitrogen and oxygen atoms in total. The molecule has 0 amide bonds. The molecule has 0 aliphatic carbocycles. The largest absolute Gasteiger partial charge is 0.355 e. The van der Waals surface area contributed by atoms with Crippen molar-refractivity contribution >= 4 is 5.57 Å². The van der Waals surface area contributed by atoms with Crippen LogP contribution in [0.15, 0.2) is 43.2 Å². The van der Waals surface area contributed by atoms with Gasteiger partial charge in [-0.3, -0.25) is 4.98 Å². The Morgan fingerprint density at radius 3 is 2.93 bits per heavy atom. The van der Waals surface area contributed by atoms with E-state index in [1.165, 1.54) is 0 Å². The molecule has 2 heterocycles. The van der Waals surface area contributed by atoms with Crippen molar-refractivity contribution in [3.05, 3.63) is 48.9 Å². The van der Waals surface area contributed by atoms with E-state index in [1.807, 2.05) is 18.3 Å². The van der Waals surface area contributed by atoms with Crippen LogP contribution in [0.4, 0.5) is 0 Å². The van der Waals surface area contributed by atoms with Crippen molar-refractivity contribution in [3.63, 3.8) is 0 Å². The first-order valence-electron chi connectivity index (χ1n) is 5.09. The van der Waals surface area contributed by atoms with Gasteiger partial charge in [-0.05, 0) is 36.3 Å². The van der Waals surface area contributed by atoms with Gasteiger partial charge in [-0.25, -0.2) is 0 Å². The summed E-state index contributed by atoms with van der Waals surface area (Å²) in [4.78, 5) is 7.43. The number of pyridine rings is 1. The van der Waals surface area contributed by atoms with E-state index in [9.17, 15) is 0 Å². The maximum absolute atomic E-state index is 4.09. The minimum atomic E-state index is 0.965. The Balaban J connectivity index is 2.32. The number of nitrogens with one attached hydrogen (secondary N) is 1. The van der Waals surface area contributed by atoms with Gasteiger partial charge < -0.3 is 4.98 Å². The van der Waals surface area contributed by atoms with E-state index in [4.69, 9.17) is 0 Å². The first-order valence-corrected chi connectivity index (χ1v) is 5.09. The van der Waals surface area contributed by atoms with Crippen LogP contribution >= 0.6 is 0 Å². The summed E-state index contributed by atoms with van der Waals surface area (Å²) in [7, 11) is 0. The van der Waals surface area contributed by atoms with Crippen molar-refractivity contribution in [2.75, 3.05) is 0 Å². The fourth-order valence-electron chi connectivity index (χ4n) is 1.48. The van der Waals surface area contributed by atoms with Crippen molar-refractivity contribution < 1.29 is 0 Å². The average Bonchev–Trinajstić information content (AvgIpc) is 2.78. The zero-order valence-corrected chi connectivity index (χ0v) is 8.83. The molecular formula is C13H14N2. The van der Waals surface area contributed by atoms with Crippen molar-refractivity contribution in [1.29, 1.82) is 0 Å². The Labute approximate surface area is 89.7 Å². The molecule has 0 unspecified atom stereocenters. The number of nitrogens with zero attached hydrogens (tertiary/aromatic N) is 1. The van der Waals surface area contributed by atoms with Gasteiger partial charge in [-0.15, -0.1) is 0 Å². The maximum Gasteiger partial charge on any atom is 0.0474 e. The smallest absolute Gasteiger partial charge is 0.0474 e. The van der Waals surface area contributed by atoms with Gasteiger partial charge in [0.05, 0.1) is 0 Å². The second kappa shape index (κ2) is 4.13. The molecule has 0 spiro atoms. The predicted molar refractivity (Wildman–Crippen MR) is 63.3 cm³/mol. The predicted octanol–water partition coefficient (Wildman–Crippen LogP) is 3.50. The molecule has 76 valence electrons. The number of allylic oxidation sites excluding steroid dienone is 1. The highest BCUT2D eigenvalue weighted by atomic mass is 14.7. The minimum Gasteiger partial charge on any atom is -0.355 e. The first-order chi connectivity index (χ1) is 7.31. The van der Waals surface area contributed by atoms with Gasteiger partial charge in [-0.1, -0.05) is 13.5 Å². The Morgan fingerprint density at radius 1 is 1.40 bits per heavy atom. The van der Waals surface area contributed by atoms with Gasteiger partial charge in [0.1, 0.15) is 0 Å². The molecule has 1 N–H and O–H groups in total. The van der Waals surface area contributed by atoms with Crippen molar-refractivity contribution in [2.45, 2.75) is 13.3 Å². The summed E-state index contributed by atoms with van der Waals surface area (Å²) in [5.41, 5.74) is 4.43. The van der Waals surface area contributed by atoms with Gasteiger partial charge in [0.15, 0.2) is 0 Å². The van der Waals surface area contributed by atoms with Crippen LogP contribution in [0.3, 0.4) is 0 Å². The third-order valence-corrected chi connectivity index (χ3v) is 2.47. The van der Waals surface area contributed by atoms with E-state index in [1.54, 1.807) is 6.20 Å². The normalized spacial score (nSPS) is 10.2. The molecule has 0 bridgehead atoms. The second-order valence-corrected chi connectivity index (χ2v) is 3.48. The number of H-pyrrole nitrogens is 1. The fraction of sp³-hybridized carbons (Fsp3) is 0.154. The topological polar surface area (TPSA) is 28.7 Å². The number of aromatic amines is 1. The summed E-state index contributed by atoms with van der Waals surface area (Å²) < 4.78 is 0. The van der Waals surface area contributed by atoms with Gasteiger partial charge in [0.25, 0.3) is 0 Å². The molecule has 2 aromatic rings. The monoisotopic (exact) mass is 198 g/mol. The van der Waals surface area contributed by atoms with Crippen LogP contribution in [-0.2, 0) is 0 Å². The fourth-order valence-corrected chi connectivity index (χ4v) is 1.48. The van der Waals surface area contributed by atoms with Crippen LogP contribution < -0.4 is 0 Å². The third kappa shape index (κ3) is 1.99. The lowest BCUT2D eigenvalue weighted by Crippen LogP contribution is -1.82. The molecular weight excluding hydrogens is 184 g/mol. The number of hydrogen-bond acceptors (Lipinski definition) is 1. The van der Waals surface area contributed by atoms with E-state index >= 15 is 0 Å². The van der Waals surface area contributed by atoms with E-state index in [0.717, 1.165) is 28.9 Å². The SMILES string of the molecule is C=C(CC)c1ccc(-c2cccnc2)[nH]1. The molecule has 0 atom stereocenters. The maximum atomic E-state index is 4.09. The summed E-state index contributed by atoms with van der Waals surface area (Å²) in [5, 5.41) is 0. The van der Waals surface area contributed by atoms with Crippen LogP contribution in [0.1, 0.15) is 19.0 Å². The van der Waals surface area contributed by atoms with Crippen LogP contribution in [0.5, 0.6) is 0 Å². The van der Waals surface area contributed by atoms with E-state index in [-0.39, 0.29) is 0 Å². The summed E-state index contributed by atoms with van der Waals surface area (Å²) in [6.45, 7) is 6.11. The molecule has 0 saturated carbocycles. The van der Waals surface area contributed by atoms with Crippen LogP contribution in [0, 0.1) is 0 Å². The molecule has 0 aromatic carbocycles. The number of aromatic nitrogens is 2. The molecule has 0 aliphatic rings. The Morgan fingerprint density at radius 2 is 2.27 bits per heavy atom. The highest BCUT2D eigenvalue weighted by Gasteiger charge is 2.02. The Kier molecular flexibility index (Phi) is 2.68. The van der Waals surface area contributed by atoms with Crippen LogP contribution in [0.25, 0.3) is 16.8 Å². The number of hydrogen-bond donors (Lipinski definition) is 1. The molecule has 0 fully saturated rings. The van der Waals surface area contributed by atoms with Gasteiger partial charge in [0, 0.05) is 29.3 Å². The van der Waals surface area contributed by atoms with Crippen LogP contribution in [-0.4, -0.2) is 9.97 Å². The molecule has 15 heavy (non-hydrogen) atoms. The van der Waals surface area contributed by atoms with Crippen molar-refractivity contribution in [1.82, 2.24) is 9.97 Å². The van der Waals surface area contributed by atoms with E-state index in [2.05, 4.69) is 35.6 Å². The van der Waals surface area contributed by atoms with Gasteiger partial charge in [0.2, 0.25) is 0 Å². The lowest BCUT2D eigenvalue weighted by molar-refractivity contribution is 1.20. The molecule has 2 heteroatoms. The minimum absolute atomic E-state index is 0.965. The van der Waals surface area contributed by atoms with Gasteiger partial charge in [-0.2, -0.15) is 0 Å². The summed E-state index contributed by atoms with van der Waals surface area (Å²) >= 11 is 0. The van der Waals surface area contributed by atoms with Crippen LogP contribution in [0.2, 0.25) is 0 Å². The van der Waals surface area contributed by atoms with Crippen molar-refractivity contribution in [2.24, 2.45) is 0 Å².